The summed E-state index contributed by atoms with van der Waals surface area (Å²) in [6.45, 7) is 4.39. The lowest BCUT2D eigenvalue weighted by atomic mass is 10.2. The van der Waals surface area contributed by atoms with E-state index in [1.807, 2.05) is 19.9 Å². The smallest absolute Gasteiger partial charge is 0.245 e. The molecule has 0 spiro atoms. The van der Waals surface area contributed by atoms with Gasteiger partial charge >= 0.3 is 0 Å². The molecule has 1 rings (SSSR count). The quantitative estimate of drug-likeness (QED) is 0.790. The number of halogens is 1. The third-order valence-corrected chi connectivity index (χ3v) is 5.06. The Kier molecular flexibility index (Phi) is 5.99. The molecule has 0 radical (unpaired) electrons. The zero-order chi connectivity index (χ0) is 15.3. The molecule has 5 nitrogen and oxygen atoms in total. The van der Waals surface area contributed by atoms with Crippen LogP contribution in [0.4, 0.5) is 5.69 Å². The average molecular weight is 360 g/mol. The van der Waals surface area contributed by atoms with Crippen LogP contribution < -0.4 is 5.73 Å². The molecule has 1 aromatic rings. The van der Waals surface area contributed by atoms with Crippen LogP contribution in [0, 0.1) is 17.2 Å². The van der Waals surface area contributed by atoms with Gasteiger partial charge in [0.1, 0.15) is 4.90 Å². The lowest BCUT2D eigenvalue weighted by Crippen LogP contribution is -2.35. The van der Waals surface area contributed by atoms with Crippen LogP contribution in [0.1, 0.15) is 20.3 Å². The molecular formula is C13H18BrN3O2S. The van der Waals surface area contributed by atoms with Crippen LogP contribution in [-0.4, -0.2) is 25.8 Å². The largest absolute Gasteiger partial charge is 0.398 e. The van der Waals surface area contributed by atoms with Crippen molar-refractivity contribution >= 4 is 31.6 Å². The zero-order valence-corrected chi connectivity index (χ0v) is 13.9. The van der Waals surface area contributed by atoms with Gasteiger partial charge in [-0.2, -0.15) is 9.57 Å². The van der Waals surface area contributed by atoms with E-state index in [1.165, 1.54) is 10.4 Å². The fourth-order valence-corrected chi connectivity index (χ4v) is 3.86. The summed E-state index contributed by atoms with van der Waals surface area (Å²) < 4.78 is 27.3. The molecule has 1 aromatic carbocycles. The number of hydrogen-bond acceptors (Lipinski definition) is 4. The lowest BCUT2D eigenvalue weighted by molar-refractivity contribution is 0.373. The molecule has 0 aromatic heterocycles. The molecule has 0 saturated heterocycles. The van der Waals surface area contributed by atoms with Gasteiger partial charge in [0.25, 0.3) is 0 Å². The normalized spacial score (nSPS) is 11.8. The van der Waals surface area contributed by atoms with Crippen molar-refractivity contribution in [3.05, 3.63) is 22.7 Å². The van der Waals surface area contributed by atoms with Crippen LogP contribution >= 0.6 is 15.9 Å². The summed E-state index contributed by atoms with van der Waals surface area (Å²) in [5.74, 6) is 0.167. The first-order chi connectivity index (χ1) is 9.28. The Bertz CT molecular complexity index is 609. The number of nitrogen functional groups attached to an aromatic ring is 1. The Balaban J connectivity index is 3.18. The second-order valence-electron chi connectivity index (χ2n) is 4.85. The van der Waals surface area contributed by atoms with Crippen LogP contribution in [0.5, 0.6) is 0 Å². The monoisotopic (exact) mass is 359 g/mol. The molecule has 0 amide bonds. The Morgan fingerprint density at radius 1 is 1.45 bits per heavy atom. The lowest BCUT2D eigenvalue weighted by Gasteiger charge is -2.23. The number of sulfonamides is 1. The van der Waals surface area contributed by atoms with E-state index in [0.29, 0.717) is 6.54 Å². The van der Waals surface area contributed by atoms with Crippen molar-refractivity contribution in [3.63, 3.8) is 0 Å². The van der Waals surface area contributed by atoms with Gasteiger partial charge in [-0.1, -0.05) is 29.8 Å². The van der Waals surface area contributed by atoms with Gasteiger partial charge in [0.15, 0.2) is 0 Å². The highest BCUT2D eigenvalue weighted by atomic mass is 79.9. The zero-order valence-electron chi connectivity index (χ0n) is 11.5. The third-order valence-electron chi connectivity index (χ3n) is 2.63. The van der Waals surface area contributed by atoms with E-state index >= 15 is 0 Å². The molecule has 0 fully saturated rings. The molecule has 0 aliphatic rings. The van der Waals surface area contributed by atoms with Gasteiger partial charge in [-0.25, -0.2) is 8.42 Å². The number of anilines is 1. The Labute approximate surface area is 128 Å². The summed E-state index contributed by atoms with van der Waals surface area (Å²) >= 11 is 3.25. The first-order valence-electron chi connectivity index (χ1n) is 6.21. The minimum absolute atomic E-state index is 0.0827. The highest BCUT2D eigenvalue weighted by Crippen LogP contribution is 2.26. The molecule has 0 aliphatic carbocycles. The Hall–Kier alpha value is -1.10. The van der Waals surface area contributed by atoms with Crippen molar-refractivity contribution in [2.24, 2.45) is 5.92 Å². The standard InChI is InChI=1S/C13H18BrN3O2S/c1-10(2)9-17(7-3-6-15)20(18,19)13-5-4-11(14)8-12(13)16/h4-5,8,10H,3,7,9,16H2,1-2H3. The minimum Gasteiger partial charge on any atom is -0.398 e. The summed E-state index contributed by atoms with van der Waals surface area (Å²) in [6.07, 6.45) is 0.155. The fourth-order valence-electron chi connectivity index (χ4n) is 1.78. The van der Waals surface area contributed by atoms with Crippen molar-refractivity contribution in [2.45, 2.75) is 25.2 Å². The van der Waals surface area contributed by atoms with E-state index in [0.717, 1.165) is 4.47 Å². The van der Waals surface area contributed by atoms with Gasteiger partial charge in [-0.3, -0.25) is 0 Å². The van der Waals surface area contributed by atoms with Gasteiger partial charge in [-0.05, 0) is 24.1 Å². The van der Waals surface area contributed by atoms with Crippen molar-refractivity contribution in [1.82, 2.24) is 4.31 Å². The van der Waals surface area contributed by atoms with Crippen LogP contribution in [0.3, 0.4) is 0 Å². The predicted octanol–water partition coefficient (Wildman–Crippen LogP) is 2.59. The molecule has 7 heteroatoms. The van der Waals surface area contributed by atoms with E-state index in [2.05, 4.69) is 15.9 Å². The maximum Gasteiger partial charge on any atom is 0.245 e. The molecular weight excluding hydrogens is 342 g/mol. The van der Waals surface area contributed by atoms with E-state index in [9.17, 15) is 8.42 Å². The Morgan fingerprint density at radius 2 is 2.10 bits per heavy atom. The first kappa shape index (κ1) is 17.0. The molecule has 110 valence electrons. The van der Waals surface area contributed by atoms with Crippen molar-refractivity contribution < 1.29 is 8.42 Å². The van der Waals surface area contributed by atoms with E-state index in [-0.39, 0.29) is 29.5 Å². The van der Waals surface area contributed by atoms with Gasteiger partial charge < -0.3 is 5.73 Å². The molecule has 0 aliphatic heterocycles. The second kappa shape index (κ2) is 7.07. The topological polar surface area (TPSA) is 87.2 Å². The average Bonchev–Trinajstić information content (AvgIpc) is 2.33. The fraction of sp³-hybridized carbons (Fsp3) is 0.462. The first-order valence-corrected chi connectivity index (χ1v) is 8.44. The molecule has 20 heavy (non-hydrogen) atoms. The minimum atomic E-state index is -3.68. The third kappa shape index (κ3) is 4.20. The molecule has 0 saturated carbocycles. The number of nitriles is 1. The van der Waals surface area contributed by atoms with Gasteiger partial charge in [0.05, 0.1) is 11.8 Å². The maximum absolute atomic E-state index is 12.6. The molecule has 0 atom stereocenters. The predicted molar refractivity (Wildman–Crippen MR) is 82.4 cm³/mol. The van der Waals surface area contributed by atoms with Crippen LogP contribution in [-0.2, 0) is 10.0 Å². The van der Waals surface area contributed by atoms with Crippen LogP contribution in [0.25, 0.3) is 0 Å². The summed E-state index contributed by atoms with van der Waals surface area (Å²) in [5.41, 5.74) is 6.00. The van der Waals surface area contributed by atoms with E-state index < -0.39 is 10.0 Å². The summed E-state index contributed by atoms with van der Waals surface area (Å²) in [4.78, 5) is 0.0827. The van der Waals surface area contributed by atoms with Crippen molar-refractivity contribution in [2.75, 3.05) is 18.8 Å². The number of rotatable bonds is 6. The molecule has 0 unspecified atom stereocenters. The number of hydrogen-bond donors (Lipinski definition) is 1. The molecule has 0 heterocycles. The number of nitrogens with zero attached hydrogens (tertiary/aromatic N) is 2. The summed E-state index contributed by atoms with van der Waals surface area (Å²) in [5, 5.41) is 8.67. The van der Waals surface area contributed by atoms with E-state index in [1.54, 1.807) is 12.1 Å². The number of nitrogens with two attached hydrogens (primary N) is 1. The number of benzene rings is 1. The van der Waals surface area contributed by atoms with Crippen LogP contribution in [0.15, 0.2) is 27.6 Å². The Morgan fingerprint density at radius 3 is 2.60 bits per heavy atom. The SMILES string of the molecule is CC(C)CN(CCC#N)S(=O)(=O)c1ccc(Br)cc1N. The molecule has 2 N–H and O–H groups in total. The summed E-state index contributed by atoms with van der Waals surface area (Å²) in [7, 11) is -3.68. The van der Waals surface area contributed by atoms with Gasteiger partial charge in [0, 0.05) is 24.0 Å². The van der Waals surface area contributed by atoms with Crippen molar-refractivity contribution in [1.29, 1.82) is 5.26 Å². The second-order valence-corrected chi connectivity index (χ2v) is 7.67. The highest BCUT2D eigenvalue weighted by Gasteiger charge is 2.26. The summed E-state index contributed by atoms with van der Waals surface area (Å²) in [6, 6.07) is 6.65. The van der Waals surface area contributed by atoms with Gasteiger partial charge in [-0.15, -0.1) is 0 Å². The van der Waals surface area contributed by atoms with Gasteiger partial charge in [0.2, 0.25) is 10.0 Å². The molecule has 0 bridgehead atoms. The van der Waals surface area contributed by atoms with Crippen LogP contribution in [0.2, 0.25) is 0 Å². The maximum atomic E-state index is 12.6. The highest BCUT2D eigenvalue weighted by molar-refractivity contribution is 9.10. The van der Waals surface area contributed by atoms with Crippen molar-refractivity contribution in [3.8, 4) is 6.07 Å². The van der Waals surface area contributed by atoms with E-state index in [4.69, 9.17) is 11.0 Å².